The van der Waals surface area contributed by atoms with Crippen LogP contribution in [0, 0.1) is 11.6 Å². The minimum atomic E-state index is -1.97. The van der Waals surface area contributed by atoms with E-state index in [2.05, 4.69) is 0 Å². The molecule has 1 aromatic carbocycles. The summed E-state index contributed by atoms with van der Waals surface area (Å²) in [5.74, 6) is -1.90. The van der Waals surface area contributed by atoms with Gasteiger partial charge in [0.15, 0.2) is 0 Å². The Hall–Kier alpha value is -1.32. The lowest BCUT2D eigenvalue weighted by molar-refractivity contribution is 0.0831. The molecule has 0 aliphatic heterocycles. The average molecular weight is 160 g/mol. The Morgan fingerprint density at radius 2 is 1.91 bits per heavy atom. The molecule has 0 atom stereocenters. The standard InChI is InChI=1S/C7H3F3O/c8-4-1-2-6(9)5(3-4)7(10)11/h1-3H. The average Bonchev–Trinajstić information content (AvgIpc) is 1.94. The molecule has 0 bridgehead atoms. The van der Waals surface area contributed by atoms with Gasteiger partial charge < -0.3 is 0 Å². The Bertz CT molecular complexity index is 296. The van der Waals surface area contributed by atoms with Crippen molar-refractivity contribution in [1.29, 1.82) is 0 Å². The molecule has 0 aromatic heterocycles. The topological polar surface area (TPSA) is 17.1 Å². The Balaban J connectivity index is 3.23. The van der Waals surface area contributed by atoms with Gasteiger partial charge in [0.25, 0.3) is 0 Å². The second-order valence-corrected chi connectivity index (χ2v) is 1.90. The summed E-state index contributed by atoms with van der Waals surface area (Å²) < 4.78 is 36.4. The lowest BCUT2D eigenvalue weighted by Gasteiger charge is -1.93. The van der Waals surface area contributed by atoms with Crippen molar-refractivity contribution >= 4 is 6.04 Å². The number of halogens is 3. The highest BCUT2D eigenvalue weighted by Gasteiger charge is 2.10. The zero-order chi connectivity index (χ0) is 8.43. The van der Waals surface area contributed by atoms with Gasteiger partial charge in [0.1, 0.15) is 11.6 Å². The summed E-state index contributed by atoms with van der Waals surface area (Å²) in [6, 6.07) is 0.0451. The lowest BCUT2D eigenvalue weighted by atomic mass is 10.2. The molecule has 4 heteroatoms. The third kappa shape index (κ3) is 1.58. The normalized spacial score (nSPS) is 9.73. The van der Waals surface area contributed by atoms with Gasteiger partial charge in [0.2, 0.25) is 0 Å². The van der Waals surface area contributed by atoms with E-state index >= 15 is 0 Å². The number of carbonyl (C=O) groups is 1. The SMILES string of the molecule is O=C(F)c1cc(F)ccc1F. The molecule has 0 spiro atoms. The van der Waals surface area contributed by atoms with Crippen LogP contribution in [0.2, 0.25) is 0 Å². The van der Waals surface area contributed by atoms with Crippen LogP contribution in [0.3, 0.4) is 0 Å². The van der Waals surface area contributed by atoms with Crippen LogP contribution in [0.25, 0.3) is 0 Å². The van der Waals surface area contributed by atoms with Crippen LogP contribution >= 0.6 is 0 Å². The first-order valence-electron chi connectivity index (χ1n) is 2.76. The van der Waals surface area contributed by atoms with Gasteiger partial charge in [-0.3, -0.25) is 4.79 Å². The van der Waals surface area contributed by atoms with E-state index in [9.17, 15) is 18.0 Å². The number of rotatable bonds is 1. The third-order valence-electron chi connectivity index (χ3n) is 1.14. The molecular weight excluding hydrogens is 157 g/mol. The summed E-state index contributed by atoms with van der Waals surface area (Å²) in [5, 5.41) is 0. The fourth-order valence-corrected chi connectivity index (χ4v) is 0.648. The Morgan fingerprint density at radius 3 is 2.36 bits per heavy atom. The monoisotopic (exact) mass is 160 g/mol. The smallest absolute Gasteiger partial charge is 0.255 e. The molecule has 0 radical (unpaired) electrons. The predicted molar refractivity (Wildman–Crippen MR) is 31.8 cm³/mol. The molecule has 0 saturated heterocycles. The van der Waals surface area contributed by atoms with Gasteiger partial charge in [0.05, 0.1) is 5.56 Å². The highest BCUT2D eigenvalue weighted by molar-refractivity contribution is 5.88. The summed E-state index contributed by atoms with van der Waals surface area (Å²) in [4.78, 5) is 9.95. The van der Waals surface area contributed by atoms with E-state index in [4.69, 9.17) is 0 Å². The van der Waals surface area contributed by atoms with Gasteiger partial charge >= 0.3 is 6.04 Å². The van der Waals surface area contributed by atoms with Crippen LogP contribution in [-0.4, -0.2) is 6.04 Å². The van der Waals surface area contributed by atoms with Crippen LogP contribution in [0.5, 0.6) is 0 Å². The van der Waals surface area contributed by atoms with Gasteiger partial charge in [-0.05, 0) is 18.2 Å². The molecular formula is C7H3F3O. The van der Waals surface area contributed by atoms with Crippen molar-refractivity contribution in [3.8, 4) is 0 Å². The van der Waals surface area contributed by atoms with E-state index in [0.29, 0.717) is 12.1 Å². The Labute approximate surface area is 60.5 Å². The van der Waals surface area contributed by atoms with E-state index < -0.39 is 23.2 Å². The first-order valence-corrected chi connectivity index (χ1v) is 2.76. The molecule has 1 aromatic rings. The van der Waals surface area contributed by atoms with Gasteiger partial charge in [-0.25, -0.2) is 8.78 Å². The second kappa shape index (κ2) is 2.74. The predicted octanol–water partition coefficient (Wildman–Crippen LogP) is 2.07. The van der Waals surface area contributed by atoms with E-state index in [1.54, 1.807) is 0 Å². The number of benzene rings is 1. The molecule has 0 amide bonds. The Morgan fingerprint density at radius 1 is 1.27 bits per heavy atom. The zero-order valence-electron chi connectivity index (χ0n) is 5.27. The minimum Gasteiger partial charge on any atom is -0.255 e. The first kappa shape index (κ1) is 7.78. The maximum atomic E-state index is 12.4. The molecule has 58 valence electrons. The van der Waals surface area contributed by atoms with E-state index in [1.807, 2.05) is 0 Å². The van der Waals surface area contributed by atoms with Crippen molar-refractivity contribution in [2.24, 2.45) is 0 Å². The van der Waals surface area contributed by atoms with Crippen LogP contribution in [-0.2, 0) is 0 Å². The van der Waals surface area contributed by atoms with Gasteiger partial charge in [0, 0.05) is 0 Å². The van der Waals surface area contributed by atoms with Gasteiger partial charge in [-0.1, -0.05) is 0 Å². The molecule has 1 rings (SSSR count). The lowest BCUT2D eigenvalue weighted by Crippen LogP contribution is -1.95. The molecule has 0 N–H and O–H groups in total. The third-order valence-corrected chi connectivity index (χ3v) is 1.14. The van der Waals surface area contributed by atoms with Crippen LogP contribution < -0.4 is 0 Å². The van der Waals surface area contributed by atoms with E-state index in [-0.39, 0.29) is 0 Å². The molecule has 0 saturated carbocycles. The molecule has 11 heavy (non-hydrogen) atoms. The quantitative estimate of drug-likeness (QED) is 0.574. The number of hydrogen-bond acceptors (Lipinski definition) is 1. The van der Waals surface area contributed by atoms with Crippen molar-refractivity contribution in [3.63, 3.8) is 0 Å². The highest BCUT2D eigenvalue weighted by atomic mass is 19.1. The van der Waals surface area contributed by atoms with Crippen LogP contribution in [0.15, 0.2) is 18.2 Å². The fraction of sp³-hybridized carbons (Fsp3) is 0. The largest absolute Gasteiger partial charge is 0.335 e. The molecule has 0 aliphatic rings. The summed E-state index contributed by atoms with van der Waals surface area (Å²) in [6.07, 6.45) is 0. The molecule has 0 heterocycles. The Kier molecular flexibility index (Phi) is 1.94. The molecule has 0 aliphatic carbocycles. The summed E-state index contributed by atoms with van der Waals surface area (Å²) >= 11 is 0. The first-order chi connectivity index (χ1) is 5.11. The van der Waals surface area contributed by atoms with E-state index in [0.717, 1.165) is 6.07 Å². The fourth-order valence-electron chi connectivity index (χ4n) is 0.648. The number of hydrogen-bond donors (Lipinski definition) is 0. The van der Waals surface area contributed by atoms with Crippen LogP contribution in [0.4, 0.5) is 13.2 Å². The second-order valence-electron chi connectivity index (χ2n) is 1.90. The van der Waals surface area contributed by atoms with Gasteiger partial charge in [-0.15, -0.1) is 0 Å². The van der Waals surface area contributed by atoms with Crippen LogP contribution in [0.1, 0.15) is 10.4 Å². The van der Waals surface area contributed by atoms with Crippen molar-refractivity contribution < 1.29 is 18.0 Å². The van der Waals surface area contributed by atoms with Crippen molar-refractivity contribution in [1.82, 2.24) is 0 Å². The van der Waals surface area contributed by atoms with Gasteiger partial charge in [-0.2, -0.15) is 4.39 Å². The summed E-state index contributed by atoms with van der Waals surface area (Å²) in [5.41, 5.74) is -0.870. The maximum absolute atomic E-state index is 12.4. The maximum Gasteiger partial charge on any atom is 0.335 e. The summed E-state index contributed by atoms with van der Waals surface area (Å²) in [6.45, 7) is 0. The molecule has 1 nitrogen and oxygen atoms in total. The molecule has 0 unspecified atom stereocenters. The number of carbonyl (C=O) groups excluding carboxylic acids is 1. The molecule has 0 fully saturated rings. The highest BCUT2D eigenvalue weighted by Crippen LogP contribution is 2.10. The van der Waals surface area contributed by atoms with Crippen molar-refractivity contribution in [3.05, 3.63) is 35.4 Å². The zero-order valence-corrected chi connectivity index (χ0v) is 5.27. The van der Waals surface area contributed by atoms with E-state index in [1.165, 1.54) is 0 Å². The van der Waals surface area contributed by atoms with Crippen molar-refractivity contribution in [2.75, 3.05) is 0 Å². The minimum absolute atomic E-state index is 0.512. The summed E-state index contributed by atoms with van der Waals surface area (Å²) in [7, 11) is 0. The van der Waals surface area contributed by atoms with Crippen molar-refractivity contribution in [2.45, 2.75) is 0 Å².